The topological polar surface area (TPSA) is 79.5 Å². The molecule has 2 N–H and O–H groups in total. The fourth-order valence-electron chi connectivity index (χ4n) is 1.95. The van der Waals surface area contributed by atoms with Gasteiger partial charge in [-0.1, -0.05) is 25.4 Å². The highest BCUT2D eigenvalue weighted by atomic mass is 35.5. The van der Waals surface area contributed by atoms with E-state index in [1.807, 2.05) is 13.8 Å². The standard InChI is InChI=1S/C16H16ClNO4/c1-9(2)7-15(19)18-12-8-10(3-4-11(12)17)13-5-6-14(22-13)16(20)21/h3-6,8-9H,7H2,1-2H3,(H,18,19)(H,20,21). The van der Waals surface area contributed by atoms with Crippen LogP contribution in [0.3, 0.4) is 0 Å². The van der Waals surface area contributed by atoms with Crippen LogP contribution in [-0.4, -0.2) is 17.0 Å². The van der Waals surface area contributed by atoms with Crippen molar-refractivity contribution in [2.24, 2.45) is 5.92 Å². The molecule has 2 aromatic rings. The summed E-state index contributed by atoms with van der Waals surface area (Å²) in [5, 5.41) is 12.0. The van der Waals surface area contributed by atoms with Gasteiger partial charge < -0.3 is 14.8 Å². The van der Waals surface area contributed by atoms with Crippen LogP contribution in [-0.2, 0) is 4.79 Å². The molecule has 1 aromatic carbocycles. The number of carboxylic acids is 1. The predicted molar refractivity (Wildman–Crippen MR) is 84.2 cm³/mol. The zero-order chi connectivity index (χ0) is 16.3. The van der Waals surface area contributed by atoms with Crippen molar-refractivity contribution < 1.29 is 19.1 Å². The SMILES string of the molecule is CC(C)CC(=O)Nc1cc(-c2ccc(C(=O)O)o2)ccc1Cl. The average molecular weight is 322 g/mol. The molecule has 0 bridgehead atoms. The van der Waals surface area contributed by atoms with Crippen LogP contribution < -0.4 is 5.32 Å². The Morgan fingerprint density at radius 1 is 1.27 bits per heavy atom. The third kappa shape index (κ3) is 3.89. The van der Waals surface area contributed by atoms with Gasteiger partial charge in [0, 0.05) is 12.0 Å². The minimum absolute atomic E-state index is 0.125. The highest BCUT2D eigenvalue weighted by Gasteiger charge is 2.13. The van der Waals surface area contributed by atoms with Gasteiger partial charge in [0.05, 0.1) is 10.7 Å². The van der Waals surface area contributed by atoms with E-state index in [4.69, 9.17) is 21.1 Å². The van der Waals surface area contributed by atoms with Gasteiger partial charge in [-0.25, -0.2) is 4.79 Å². The van der Waals surface area contributed by atoms with Gasteiger partial charge in [-0.05, 0) is 36.2 Å². The van der Waals surface area contributed by atoms with Crippen LogP contribution in [0.15, 0.2) is 34.7 Å². The number of hydrogen-bond acceptors (Lipinski definition) is 3. The van der Waals surface area contributed by atoms with Crippen molar-refractivity contribution in [3.63, 3.8) is 0 Å². The maximum atomic E-state index is 11.8. The second-order valence-electron chi connectivity index (χ2n) is 5.31. The first-order valence-electron chi connectivity index (χ1n) is 6.79. The number of carbonyl (C=O) groups excluding carboxylic acids is 1. The average Bonchev–Trinajstić information content (AvgIpc) is 2.90. The summed E-state index contributed by atoms with van der Waals surface area (Å²) in [6, 6.07) is 7.93. The molecule has 0 aliphatic heterocycles. The normalized spacial score (nSPS) is 10.7. The van der Waals surface area contributed by atoms with Crippen LogP contribution in [0, 0.1) is 5.92 Å². The third-order valence-electron chi connectivity index (χ3n) is 2.94. The number of carboxylic acid groups (broad SMARTS) is 1. The molecule has 1 aromatic heterocycles. The first-order chi connectivity index (χ1) is 10.4. The fraction of sp³-hybridized carbons (Fsp3) is 0.250. The lowest BCUT2D eigenvalue weighted by Crippen LogP contribution is -2.14. The van der Waals surface area contributed by atoms with E-state index in [9.17, 15) is 9.59 Å². The Hall–Kier alpha value is -2.27. The lowest BCUT2D eigenvalue weighted by atomic mass is 10.1. The summed E-state index contributed by atoms with van der Waals surface area (Å²) < 4.78 is 5.24. The van der Waals surface area contributed by atoms with Crippen LogP contribution in [0.1, 0.15) is 30.8 Å². The molecule has 5 nitrogen and oxygen atoms in total. The van der Waals surface area contributed by atoms with Crippen LogP contribution in [0.4, 0.5) is 5.69 Å². The monoisotopic (exact) mass is 321 g/mol. The van der Waals surface area contributed by atoms with Gasteiger partial charge in [0.1, 0.15) is 5.76 Å². The zero-order valence-electron chi connectivity index (χ0n) is 12.2. The first-order valence-corrected chi connectivity index (χ1v) is 7.17. The molecule has 0 aliphatic rings. The number of hydrogen-bond donors (Lipinski definition) is 2. The predicted octanol–water partition coefficient (Wildman–Crippen LogP) is 4.28. The second kappa shape index (κ2) is 6.66. The van der Waals surface area contributed by atoms with Gasteiger partial charge >= 0.3 is 5.97 Å². The third-order valence-corrected chi connectivity index (χ3v) is 3.26. The van der Waals surface area contributed by atoms with Crippen molar-refractivity contribution in [2.45, 2.75) is 20.3 Å². The number of halogens is 1. The first kappa shape index (κ1) is 16.1. The molecule has 1 amide bonds. The molecule has 0 spiro atoms. The molecule has 6 heteroatoms. The summed E-state index contributed by atoms with van der Waals surface area (Å²) in [7, 11) is 0. The van der Waals surface area contributed by atoms with Crippen LogP contribution in [0.25, 0.3) is 11.3 Å². The van der Waals surface area contributed by atoms with Gasteiger partial charge in [0.15, 0.2) is 0 Å². The van der Waals surface area contributed by atoms with Crippen molar-refractivity contribution in [1.29, 1.82) is 0 Å². The molecule has 1 heterocycles. The van der Waals surface area contributed by atoms with Gasteiger partial charge in [-0.3, -0.25) is 4.79 Å². The minimum atomic E-state index is -1.13. The van der Waals surface area contributed by atoms with E-state index in [0.717, 1.165) is 0 Å². The van der Waals surface area contributed by atoms with E-state index >= 15 is 0 Å². The molecule has 0 fully saturated rings. The van der Waals surface area contributed by atoms with Gasteiger partial charge in [-0.15, -0.1) is 0 Å². The summed E-state index contributed by atoms with van der Waals surface area (Å²) in [6.45, 7) is 3.90. The summed E-state index contributed by atoms with van der Waals surface area (Å²) in [5.74, 6) is -0.765. The number of anilines is 1. The van der Waals surface area contributed by atoms with Crippen molar-refractivity contribution in [2.75, 3.05) is 5.32 Å². The van der Waals surface area contributed by atoms with E-state index in [1.165, 1.54) is 6.07 Å². The van der Waals surface area contributed by atoms with E-state index in [2.05, 4.69) is 5.32 Å². The molecular formula is C16H16ClNO4. The Kier molecular flexibility index (Phi) is 4.88. The largest absolute Gasteiger partial charge is 0.475 e. The number of benzene rings is 1. The number of amides is 1. The molecule has 116 valence electrons. The minimum Gasteiger partial charge on any atom is -0.475 e. The van der Waals surface area contributed by atoms with Crippen molar-refractivity contribution >= 4 is 29.2 Å². The summed E-state index contributed by atoms with van der Waals surface area (Å²) in [5.41, 5.74) is 1.11. The van der Waals surface area contributed by atoms with Crippen LogP contribution in [0.2, 0.25) is 5.02 Å². The van der Waals surface area contributed by atoms with E-state index in [-0.39, 0.29) is 17.6 Å². The van der Waals surface area contributed by atoms with Crippen molar-refractivity contribution in [3.8, 4) is 11.3 Å². The molecule has 0 aliphatic carbocycles. The molecule has 0 unspecified atom stereocenters. The van der Waals surface area contributed by atoms with Crippen LogP contribution in [0.5, 0.6) is 0 Å². The summed E-state index contributed by atoms with van der Waals surface area (Å²) in [6.07, 6.45) is 0.393. The van der Waals surface area contributed by atoms with Gasteiger partial charge in [0.25, 0.3) is 0 Å². The molecular weight excluding hydrogens is 306 g/mol. The molecule has 0 saturated heterocycles. The Morgan fingerprint density at radius 3 is 2.59 bits per heavy atom. The Morgan fingerprint density at radius 2 is 2.00 bits per heavy atom. The maximum absolute atomic E-state index is 11.8. The molecule has 22 heavy (non-hydrogen) atoms. The number of furan rings is 1. The number of rotatable bonds is 5. The van der Waals surface area contributed by atoms with Crippen molar-refractivity contribution in [1.82, 2.24) is 0 Å². The smallest absolute Gasteiger partial charge is 0.371 e. The Labute approximate surface area is 132 Å². The number of carbonyl (C=O) groups is 2. The lowest BCUT2D eigenvalue weighted by molar-refractivity contribution is -0.116. The van der Waals surface area contributed by atoms with Gasteiger partial charge in [0.2, 0.25) is 11.7 Å². The highest BCUT2D eigenvalue weighted by Crippen LogP contribution is 2.30. The number of aromatic carboxylic acids is 1. The Bertz CT molecular complexity index is 706. The summed E-state index contributed by atoms with van der Waals surface area (Å²) >= 11 is 6.08. The quantitative estimate of drug-likeness (QED) is 0.861. The van der Waals surface area contributed by atoms with E-state index < -0.39 is 5.97 Å². The highest BCUT2D eigenvalue weighted by molar-refractivity contribution is 6.33. The molecule has 2 rings (SSSR count). The maximum Gasteiger partial charge on any atom is 0.371 e. The van der Waals surface area contributed by atoms with E-state index in [1.54, 1.807) is 24.3 Å². The summed E-state index contributed by atoms with van der Waals surface area (Å²) in [4.78, 5) is 22.7. The molecule has 0 radical (unpaired) electrons. The number of nitrogens with one attached hydrogen (secondary N) is 1. The van der Waals surface area contributed by atoms with Crippen LogP contribution >= 0.6 is 11.6 Å². The molecule has 0 atom stereocenters. The fourth-order valence-corrected chi connectivity index (χ4v) is 2.12. The zero-order valence-corrected chi connectivity index (χ0v) is 13.0. The van der Waals surface area contributed by atoms with Crippen molar-refractivity contribution in [3.05, 3.63) is 41.1 Å². The van der Waals surface area contributed by atoms with Gasteiger partial charge in [-0.2, -0.15) is 0 Å². The lowest BCUT2D eigenvalue weighted by Gasteiger charge is -2.10. The molecule has 0 saturated carbocycles. The second-order valence-corrected chi connectivity index (χ2v) is 5.72. The van der Waals surface area contributed by atoms with E-state index in [0.29, 0.717) is 28.5 Å². The Balaban J connectivity index is 2.25.